The Morgan fingerprint density at radius 3 is 2.56 bits per heavy atom. The van der Waals surface area contributed by atoms with Crippen LogP contribution in [-0.4, -0.2) is 10.8 Å². The number of non-ortho nitro benzene ring substituents is 1. The molecule has 0 aliphatic rings. The van der Waals surface area contributed by atoms with E-state index < -0.39 is 16.7 Å². The fourth-order valence-corrected chi connectivity index (χ4v) is 1.46. The highest BCUT2D eigenvalue weighted by Gasteiger charge is 2.33. The maximum absolute atomic E-state index is 12.7. The number of rotatable bonds is 4. The molecule has 98 valence electrons. The first-order chi connectivity index (χ1) is 8.36. The van der Waals surface area contributed by atoms with Gasteiger partial charge in [0.1, 0.15) is 0 Å². The summed E-state index contributed by atoms with van der Waals surface area (Å²) < 4.78 is 38.0. The van der Waals surface area contributed by atoms with Crippen LogP contribution in [0.25, 0.3) is 6.08 Å². The summed E-state index contributed by atoms with van der Waals surface area (Å²) in [6, 6.07) is 2.44. The zero-order chi connectivity index (χ0) is 13.8. The summed E-state index contributed by atoms with van der Waals surface area (Å²) in [5.41, 5.74) is -1.52. The maximum atomic E-state index is 12.7. The van der Waals surface area contributed by atoms with Gasteiger partial charge in [0.15, 0.2) is 0 Å². The monoisotopic (exact) mass is 279 g/mol. The van der Waals surface area contributed by atoms with Crippen LogP contribution in [0.2, 0.25) is 0 Å². The van der Waals surface area contributed by atoms with E-state index >= 15 is 0 Å². The normalized spacial score (nSPS) is 12.0. The lowest BCUT2D eigenvalue weighted by Crippen LogP contribution is -2.07. The van der Waals surface area contributed by atoms with E-state index in [1.807, 2.05) is 0 Å². The van der Waals surface area contributed by atoms with E-state index in [1.54, 1.807) is 0 Å². The predicted octanol–water partition coefficient (Wildman–Crippen LogP) is 4.26. The second-order valence-electron chi connectivity index (χ2n) is 3.41. The van der Waals surface area contributed by atoms with Gasteiger partial charge in [0.05, 0.1) is 10.5 Å². The summed E-state index contributed by atoms with van der Waals surface area (Å²) in [7, 11) is 0. The van der Waals surface area contributed by atoms with Crippen LogP contribution in [0.1, 0.15) is 17.5 Å². The molecule has 1 aromatic carbocycles. The second kappa shape index (κ2) is 5.86. The summed E-state index contributed by atoms with van der Waals surface area (Å²) in [5, 5.41) is 10.5. The molecule has 0 aliphatic carbocycles. The van der Waals surface area contributed by atoms with Gasteiger partial charge in [-0.05, 0) is 18.1 Å². The van der Waals surface area contributed by atoms with Gasteiger partial charge in [-0.3, -0.25) is 10.1 Å². The average molecular weight is 280 g/mol. The maximum Gasteiger partial charge on any atom is 0.416 e. The first-order valence-corrected chi connectivity index (χ1v) is 5.48. The highest BCUT2D eigenvalue weighted by molar-refractivity contribution is 6.17. The van der Waals surface area contributed by atoms with E-state index in [0.29, 0.717) is 12.5 Å². The molecule has 0 spiro atoms. The Morgan fingerprint density at radius 2 is 2.06 bits per heavy atom. The number of nitro groups is 1. The minimum Gasteiger partial charge on any atom is -0.258 e. The van der Waals surface area contributed by atoms with Gasteiger partial charge in [-0.2, -0.15) is 13.2 Å². The molecule has 3 nitrogen and oxygen atoms in total. The second-order valence-corrected chi connectivity index (χ2v) is 3.78. The smallest absolute Gasteiger partial charge is 0.258 e. The van der Waals surface area contributed by atoms with Crippen LogP contribution in [0, 0.1) is 10.1 Å². The Labute approximate surface area is 106 Å². The number of nitro benzene ring substituents is 1. The highest BCUT2D eigenvalue weighted by atomic mass is 35.5. The summed E-state index contributed by atoms with van der Waals surface area (Å²) in [6.45, 7) is 0. The van der Waals surface area contributed by atoms with Crippen molar-refractivity contribution in [3.8, 4) is 0 Å². The summed E-state index contributed by atoms with van der Waals surface area (Å²) in [6.07, 6.45) is -1.52. The first kappa shape index (κ1) is 14.5. The molecule has 1 rings (SSSR count). The number of hydrogen-bond donors (Lipinski definition) is 0. The Morgan fingerprint density at radius 1 is 1.39 bits per heavy atom. The van der Waals surface area contributed by atoms with E-state index in [-0.39, 0.29) is 17.1 Å². The van der Waals surface area contributed by atoms with Crippen LogP contribution in [0.3, 0.4) is 0 Å². The van der Waals surface area contributed by atoms with Gasteiger partial charge in [-0.25, -0.2) is 0 Å². The molecule has 0 N–H and O–H groups in total. The topological polar surface area (TPSA) is 43.1 Å². The number of alkyl halides is 4. The van der Waals surface area contributed by atoms with Crippen molar-refractivity contribution in [3.63, 3.8) is 0 Å². The highest BCUT2D eigenvalue weighted by Crippen LogP contribution is 2.34. The lowest BCUT2D eigenvalue weighted by molar-refractivity contribution is -0.384. The molecule has 0 aromatic heterocycles. The minimum atomic E-state index is -4.55. The molecule has 0 bridgehead atoms. The van der Waals surface area contributed by atoms with Crippen LogP contribution in [0.4, 0.5) is 18.9 Å². The van der Waals surface area contributed by atoms with Gasteiger partial charge in [-0.15, -0.1) is 11.6 Å². The molecule has 1 aromatic rings. The lowest BCUT2D eigenvalue weighted by atomic mass is 10.1. The number of nitrogens with zero attached hydrogens (tertiary/aromatic N) is 1. The number of allylic oxidation sites excluding steroid dienone is 1. The predicted molar refractivity (Wildman–Crippen MR) is 62.5 cm³/mol. The number of benzene rings is 1. The van der Waals surface area contributed by atoms with E-state index in [0.717, 1.165) is 12.1 Å². The third-order valence-corrected chi connectivity index (χ3v) is 2.34. The molecule has 0 aliphatic heterocycles. The van der Waals surface area contributed by atoms with Crippen molar-refractivity contribution in [3.05, 3.63) is 45.5 Å². The largest absolute Gasteiger partial charge is 0.416 e. The zero-order valence-corrected chi connectivity index (χ0v) is 9.83. The van der Waals surface area contributed by atoms with E-state index in [4.69, 9.17) is 11.6 Å². The molecular formula is C11H9ClF3NO2. The standard InChI is InChI=1S/C11H9ClF3NO2/c12-6-2-1-3-8-7-9(16(17)18)4-5-10(8)11(13,14)15/h1,3-5,7H,2,6H2. The van der Waals surface area contributed by atoms with Crippen molar-refractivity contribution >= 4 is 23.4 Å². The zero-order valence-electron chi connectivity index (χ0n) is 9.08. The molecule has 0 atom stereocenters. The molecule has 0 heterocycles. The molecule has 0 saturated carbocycles. The molecule has 0 radical (unpaired) electrons. The lowest BCUT2D eigenvalue weighted by Gasteiger charge is -2.09. The van der Waals surface area contributed by atoms with Crippen LogP contribution in [0.15, 0.2) is 24.3 Å². The Hall–Kier alpha value is -1.56. The van der Waals surface area contributed by atoms with Crippen molar-refractivity contribution in [1.29, 1.82) is 0 Å². The molecule has 0 unspecified atom stereocenters. The van der Waals surface area contributed by atoms with Crippen molar-refractivity contribution < 1.29 is 18.1 Å². The molecule has 18 heavy (non-hydrogen) atoms. The third kappa shape index (κ3) is 3.73. The Bertz CT molecular complexity index is 472. The van der Waals surface area contributed by atoms with Crippen LogP contribution >= 0.6 is 11.6 Å². The van der Waals surface area contributed by atoms with Crippen LogP contribution in [0.5, 0.6) is 0 Å². The van der Waals surface area contributed by atoms with Crippen molar-refractivity contribution in [2.45, 2.75) is 12.6 Å². The molecule has 0 amide bonds. The van der Waals surface area contributed by atoms with Gasteiger partial charge in [0.2, 0.25) is 0 Å². The van der Waals surface area contributed by atoms with Crippen molar-refractivity contribution in [2.75, 3.05) is 5.88 Å². The number of hydrogen-bond acceptors (Lipinski definition) is 2. The quantitative estimate of drug-likeness (QED) is 0.469. The van der Waals surface area contributed by atoms with Crippen molar-refractivity contribution in [2.24, 2.45) is 0 Å². The molecule has 7 heteroatoms. The third-order valence-electron chi connectivity index (χ3n) is 2.12. The van der Waals surface area contributed by atoms with E-state index in [9.17, 15) is 23.3 Å². The first-order valence-electron chi connectivity index (χ1n) is 4.94. The van der Waals surface area contributed by atoms with E-state index in [1.165, 1.54) is 12.2 Å². The summed E-state index contributed by atoms with van der Waals surface area (Å²) >= 11 is 5.40. The van der Waals surface area contributed by atoms with Crippen LogP contribution in [-0.2, 0) is 6.18 Å². The fourth-order valence-electron chi connectivity index (χ4n) is 1.33. The molecular weight excluding hydrogens is 271 g/mol. The van der Waals surface area contributed by atoms with E-state index in [2.05, 4.69) is 0 Å². The van der Waals surface area contributed by atoms with Gasteiger partial charge in [-0.1, -0.05) is 12.2 Å². The summed E-state index contributed by atoms with van der Waals surface area (Å²) in [4.78, 5) is 9.79. The fraction of sp³-hybridized carbons (Fsp3) is 0.273. The Balaban J connectivity index is 3.22. The van der Waals surface area contributed by atoms with Crippen molar-refractivity contribution in [1.82, 2.24) is 0 Å². The number of halogens is 4. The van der Waals surface area contributed by atoms with Gasteiger partial charge in [0, 0.05) is 18.0 Å². The Kier molecular flexibility index (Phi) is 4.72. The summed E-state index contributed by atoms with van der Waals surface area (Å²) in [5.74, 6) is 0.271. The SMILES string of the molecule is O=[N+]([O-])c1ccc(C(F)(F)F)c(C=CCCCl)c1. The average Bonchev–Trinajstić information content (AvgIpc) is 2.27. The van der Waals surface area contributed by atoms with Gasteiger partial charge in [0.25, 0.3) is 5.69 Å². The molecule has 0 saturated heterocycles. The minimum absolute atomic E-state index is 0.234. The van der Waals surface area contributed by atoms with Gasteiger partial charge >= 0.3 is 6.18 Å². The van der Waals surface area contributed by atoms with Crippen LogP contribution < -0.4 is 0 Å². The van der Waals surface area contributed by atoms with Gasteiger partial charge < -0.3 is 0 Å². The molecule has 0 fully saturated rings.